The SMILES string of the molecule is CC(=O)N[C@@H](Cc1ccccc1)C(=O)N[C@H]1CCCNC(=O)C(CCCNC(=N)N)NC(=O)C(Cc2cccc3ccccc23)NC(=O)[C@@H](Cc2ccccc2)NC(=O)C2CCCN2C1=O. The fraction of sp³-hybridized carbons (Fsp3) is 0.388. The summed E-state index contributed by atoms with van der Waals surface area (Å²) in [7, 11) is 0. The molecule has 2 heterocycles. The molecule has 7 amide bonds. The van der Waals surface area contributed by atoms with Crippen LogP contribution in [0.25, 0.3) is 10.8 Å². The second kappa shape index (κ2) is 23.6. The van der Waals surface area contributed by atoms with Crippen molar-refractivity contribution < 1.29 is 33.6 Å². The van der Waals surface area contributed by atoms with E-state index in [4.69, 9.17) is 11.1 Å². The van der Waals surface area contributed by atoms with Crippen LogP contribution in [-0.4, -0.2) is 108 Å². The summed E-state index contributed by atoms with van der Waals surface area (Å²) in [6, 6.07) is 24.9. The average molecular weight is 901 g/mol. The molecule has 4 aromatic carbocycles. The van der Waals surface area contributed by atoms with Gasteiger partial charge in [0.1, 0.15) is 36.3 Å². The van der Waals surface area contributed by atoms with Crippen LogP contribution in [0.3, 0.4) is 0 Å². The Morgan fingerprint density at radius 1 is 0.742 bits per heavy atom. The van der Waals surface area contributed by atoms with E-state index < -0.39 is 77.6 Å². The van der Waals surface area contributed by atoms with E-state index >= 15 is 0 Å². The minimum Gasteiger partial charge on any atom is -0.370 e. The molecule has 2 saturated heterocycles. The fourth-order valence-electron chi connectivity index (χ4n) is 8.55. The summed E-state index contributed by atoms with van der Waals surface area (Å²) < 4.78 is 0. The third-order valence-electron chi connectivity index (χ3n) is 11.9. The van der Waals surface area contributed by atoms with Crippen molar-refractivity contribution in [2.45, 2.75) is 101 Å². The lowest BCUT2D eigenvalue weighted by Gasteiger charge is -2.31. The summed E-state index contributed by atoms with van der Waals surface area (Å²) in [5.41, 5.74) is 7.79. The highest BCUT2D eigenvalue weighted by Gasteiger charge is 2.40. The second-order valence-corrected chi connectivity index (χ2v) is 16.8. The van der Waals surface area contributed by atoms with Crippen LogP contribution in [-0.2, 0) is 52.8 Å². The van der Waals surface area contributed by atoms with Gasteiger partial charge in [0, 0.05) is 45.8 Å². The monoisotopic (exact) mass is 900 g/mol. The van der Waals surface area contributed by atoms with Crippen molar-refractivity contribution in [2.75, 3.05) is 19.6 Å². The minimum absolute atomic E-state index is 0.0525. The first-order valence-electron chi connectivity index (χ1n) is 22.6. The molecule has 0 saturated carbocycles. The zero-order valence-corrected chi connectivity index (χ0v) is 37.1. The number of carbonyl (C=O) groups is 7. The molecule has 0 aromatic heterocycles. The van der Waals surface area contributed by atoms with Gasteiger partial charge < -0.3 is 47.9 Å². The summed E-state index contributed by atoms with van der Waals surface area (Å²) in [5, 5.41) is 29.2. The molecule has 0 spiro atoms. The zero-order valence-electron chi connectivity index (χ0n) is 37.1. The maximum absolute atomic E-state index is 14.6. The molecule has 0 bridgehead atoms. The number of nitrogens with two attached hydrogens (primary N) is 1. The van der Waals surface area contributed by atoms with Gasteiger partial charge in [-0.05, 0) is 66.0 Å². The molecule has 4 aromatic rings. The molecule has 10 N–H and O–H groups in total. The van der Waals surface area contributed by atoms with Gasteiger partial charge in [-0.1, -0.05) is 103 Å². The van der Waals surface area contributed by atoms with Crippen LogP contribution in [0.5, 0.6) is 0 Å². The van der Waals surface area contributed by atoms with Gasteiger partial charge >= 0.3 is 0 Å². The third-order valence-corrected chi connectivity index (χ3v) is 11.9. The molecule has 3 unspecified atom stereocenters. The van der Waals surface area contributed by atoms with Crippen molar-refractivity contribution in [3.8, 4) is 0 Å². The number of hydrogen-bond donors (Lipinski definition) is 9. The Morgan fingerprint density at radius 2 is 1.38 bits per heavy atom. The van der Waals surface area contributed by atoms with Gasteiger partial charge in [0.05, 0.1) is 0 Å². The smallest absolute Gasteiger partial charge is 0.245 e. The van der Waals surface area contributed by atoms with E-state index in [1.54, 1.807) is 0 Å². The van der Waals surface area contributed by atoms with Gasteiger partial charge in [0.2, 0.25) is 41.4 Å². The molecule has 0 radical (unpaired) electrons. The van der Waals surface area contributed by atoms with E-state index in [0.717, 1.165) is 27.5 Å². The summed E-state index contributed by atoms with van der Waals surface area (Å²) in [6.07, 6.45) is 1.78. The molecule has 17 nitrogen and oxygen atoms in total. The average Bonchev–Trinajstić information content (AvgIpc) is 3.81. The number of nitrogens with zero attached hydrogens (tertiary/aromatic N) is 1. The number of hydrogen-bond acceptors (Lipinski definition) is 8. The normalized spacial score (nSPS) is 21.4. The van der Waals surface area contributed by atoms with Crippen LogP contribution < -0.4 is 43.0 Å². The molecule has 348 valence electrons. The molecule has 2 aliphatic heterocycles. The van der Waals surface area contributed by atoms with E-state index in [1.807, 2.05) is 103 Å². The number of fused-ring (bicyclic) bond motifs is 2. The third kappa shape index (κ3) is 13.6. The maximum atomic E-state index is 14.6. The lowest BCUT2D eigenvalue weighted by molar-refractivity contribution is -0.142. The molecule has 2 aliphatic rings. The predicted molar refractivity (Wildman–Crippen MR) is 249 cm³/mol. The van der Waals surface area contributed by atoms with Gasteiger partial charge in [-0.15, -0.1) is 0 Å². The van der Waals surface area contributed by atoms with E-state index in [9.17, 15) is 33.6 Å². The molecular weight excluding hydrogens is 841 g/mol. The Kier molecular flexibility index (Phi) is 17.2. The van der Waals surface area contributed by atoms with E-state index in [0.29, 0.717) is 19.3 Å². The van der Waals surface area contributed by atoms with Crippen LogP contribution in [0.2, 0.25) is 0 Å². The number of benzene rings is 4. The van der Waals surface area contributed by atoms with Crippen molar-refractivity contribution in [1.29, 1.82) is 5.41 Å². The summed E-state index contributed by atoms with van der Waals surface area (Å²) in [5.74, 6) is -4.15. The molecule has 6 rings (SSSR count). The van der Waals surface area contributed by atoms with Gasteiger partial charge in [-0.25, -0.2) is 0 Å². The lowest BCUT2D eigenvalue weighted by atomic mass is 9.97. The van der Waals surface area contributed by atoms with Crippen LogP contribution in [0, 0.1) is 5.41 Å². The van der Waals surface area contributed by atoms with Crippen LogP contribution in [0.4, 0.5) is 0 Å². The molecule has 2 fully saturated rings. The Morgan fingerprint density at radius 3 is 2.09 bits per heavy atom. The van der Waals surface area contributed by atoms with Crippen molar-refractivity contribution in [2.24, 2.45) is 5.73 Å². The maximum Gasteiger partial charge on any atom is 0.245 e. The fourth-order valence-corrected chi connectivity index (χ4v) is 8.55. The summed E-state index contributed by atoms with van der Waals surface area (Å²) >= 11 is 0. The van der Waals surface area contributed by atoms with Crippen molar-refractivity contribution in [3.63, 3.8) is 0 Å². The standard InChI is InChI=1S/C49H60N10O7/c1-31(60)54-39(28-32-14-4-2-5-15-32)44(62)56-38-23-12-25-52-43(61)37(22-11-26-53-49(50)51)55-46(64)41(30-35-20-10-19-34-18-8-9-21-36(34)35)57-45(63)40(29-33-16-6-3-7-17-33)58-47(65)42-24-13-27-59(42)48(38)66/h2-10,14-21,37-42H,11-13,22-30H2,1H3,(H,52,61)(H,54,60)(H,55,64)(H,56,62)(H,57,63)(H,58,65)(H4,50,51,53)/t37?,38-,39-,40+,41?,42?/m0/s1. The van der Waals surface area contributed by atoms with E-state index in [1.165, 1.54) is 11.8 Å². The van der Waals surface area contributed by atoms with Crippen LogP contribution >= 0.6 is 0 Å². The van der Waals surface area contributed by atoms with Gasteiger partial charge in [0.25, 0.3) is 0 Å². The number of amides is 7. The van der Waals surface area contributed by atoms with Crippen molar-refractivity contribution in [1.82, 2.24) is 42.1 Å². The van der Waals surface area contributed by atoms with Gasteiger partial charge in [-0.2, -0.15) is 0 Å². The Bertz CT molecular complexity index is 2360. The summed E-state index contributed by atoms with van der Waals surface area (Å²) in [4.78, 5) is 99.8. The molecule has 17 heteroatoms. The molecule has 66 heavy (non-hydrogen) atoms. The highest BCUT2D eigenvalue weighted by Crippen LogP contribution is 2.22. The Balaban J connectivity index is 1.33. The largest absolute Gasteiger partial charge is 0.370 e. The van der Waals surface area contributed by atoms with Gasteiger partial charge in [0.15, 0.2) is 5.96 Å². The predicted octanol–water partition coefficient (Wildman–Crippen LogP) is 1.48. The topological polar surface area (TPSA) is 257 Å². The number of guanidine groups is 1. The quantitative estimate of drug-likeness (QED) is 0.0535. The first-order chi connectivity index (χ1) is 31.9. The molecule has 0 aliphatic carbocycles. The molecular formula is C49H60N10O7. The van der Waals surface area contributed by atoms with Gasteiger partial charge in [-0.3, -0.25) is 39.0 Å². The summed E-state index contributed by atoms with van der Waals surface area (Å²) in [6.45, 7) is 1.81. The highest BCUT2D eigenvalue weighted by molar-refractivity contribution is 5.98. The first kappa shape index (κ1) is 48.2. The van der Waals surface area contributed by atoms with Crippen LogP contribution in [0.15, 0.2) is 103 Å². The second-order valence-electron chi connectivity index (χ2n) is 16.8. The number of carbonyl (C=O) groups excluding carboxylic acids is 7. The van der Waals surface area contributed by atoms with E-state index in [2.05, 4.69) is 37.2 Å². The zero-order chi connectivity index (χ0) is 47.0. The molecule has 6 atom stereocenters. The first-order valence-corrected chi connectivity index (χ1v) is 22.6. The van der Waals surface area contributed by atoms with Crippen molar-refractivity contribution in [3.05, 3.63) is 120 Å². The van der Waals surface area contributed by atoms with E-state index in [-0.39, 0.29) is 64.1 Å². The Hall–Kier alpha value is -7.30. The highest BCUT2D eigenvalue weighted by atomic mass is 16.2. The number of nitrogens with one attached hydrogen (secondary N) is 8. The number of rotatable bonds is 13. The van der Waals surface area contributed by atoms with Crippen LogP contribution in [0.1, 0.15) is 62.1 Å². The van der Waals surface area contributed by atoms with Crippen molar-refractivity contribution >= 4 is 58.1 Å². The Labute approximate surface area is 384 Å². The lowest BCUT2D eigenvalue weighted by Crippen LogP contribution is -2.60. The minimum atomic E-state index is -1.19.